The summed E-state index contributed by atoms with van der Waals surface area (Å²) >= 11 is 0. The largest absolute Gasteiger partial charge is 0.508 e. The predicted octanol–water partition coefficient (Wildman–Crippen LogP) is 1.84. The number of aromatic hydroxyl groups is 1. The number of benzene rings is 1. The van der Waals surface area contributed by atoms with Crippen molar-refractivity contribution >= 4 is 5.91 Å². The summed E-state index contributed by atoms with van der Waals surface area (Å²) in [5.74, 6) is 0.439. The van der Waals surface area contributed by atoms with Crippen LogP contribution in [0.4, 0.5) is 0 Å². The van der Waals surface area contributed by atoms with E-state index < -0.39 is 0 Å². The van der Waals surface area contributed by atoms with Crippen LogP contribution in [0.5, 0.6) is 5.75 Å². The van der Waals surface area contributed by atoms with Crippen LogP contribution in [0, 0.1) is 0 Å². The molecule has 1 amide bonds. The molecule has 104 valence electrons. The fraction of sp³-hybridized carbons (Fsp3) is 0.533. The van der Waals surface area contributed by atoms with E-state index in [1.165, 1.54) is 11.1 Å². The van der Waals surface area contributed by atoms with Crippen molar-refractivity contribution in [2.75, 3.05) is 20.1 Å². The summed E-state index contributed by atoms with van der Waals surface area (Å²) in [6.45, 7) is 3.07. The van der Waals surface area contributed by atoms with Gasteiger partial charge in [0.05, 0.1) is 6.54 Å². The van der Waals surface area contributed by atoms with Crippen LogP contribution in [-0.2, 0) is 11.2 Å². The van der Waals surface area contributed by atoms with Crippen molar-refractivity contribution in [3.05, 3.63) is 29.3 Å². The zero-order valence-electron chi connectivity index (χ0n) is 11.6. The number of nitrogens with one attached hydrogen (secondary N) is 1. The summed E-state index contributed by atoms with van der Waals surface area (Å²) in [5.41, 5.74) is 2.41. The standard InChI is InChI=1S/C15H22N2O2/c1-3-17(2)15(19)10-16-14-6-4-5-11-9-12(18)7-8-13(11)14/h7-9,14,16,18H,3-6,10H2,1-2H3. The topological polar surface area (TPSA) is 52.6 Å². The number of fused-ring (bicyclic) bond motifs is 1. The smallest absolute Gasteiger partial charge is 0.236 e. The number of carbonyl (C=O) groups is 1. The first kappa shape index (κ1) is 13.9. The van der Waals surface area contributed by atoms with Crippen LogP contribution in [0.2, 0.25) is 0 Å². The molecule has 0 heterocycles. The number of phenols is 1. The summed E-state index contributed by atoms with van der Waals surface area (Å²) in [7, 11) is 1.82. The number of nitrogens with zero attached hydrogens (tertiary/aromatic N) is 1. The number of phenolic OH excluding ortho intramolecular Hbond substituents is 1. The SMILES string of the molecule is CCN(C)C(=O)CNC1CCCc2cc(O)ccc21. The van der Waals surface area contributed by atoms with Crippen LogP contribution >= 0.6 is 0 Å². The average molecular weight is 262 g/mol. The second-order valence-electron chi connectivity index (χ2n) is 5.12. The third kappa shape index (κ3) is 3.26. The van der Waals surface area contributed by atoms with Crippen molar-refractivity contribution in [2.24, 2.45) is 0 Å². The molecule has 0 bridgehead atoms. The van der Waals surface area contributed by atoms with E-state index in [4.69, 9.17) is 0 Å². The molecule has 1 unspecified atom stereocenters. The van der Waals surface area contributed by atoms with Gasteiger partial charge in [-0.3, -0.25) is 4.79 Å². The van der Waals surface area contributed by atoms with Crippen molar-refractivity contribution in [3.63, 3.8) is 0 Å². The summed E-state index contributed by atoms with van der Waals surface area (Å²) in [6, 6.07) is 5.75. The number of rotatable bonds is 4. The molecule has 0 aliphatic heterocycles. The Bertz CT molecular complexity index is 459. The molecule has 0 aromatic heterocycles. The maximum atomic E-state index is 11.8. The summed E-state index contributed by atoms with van der Waals surface area (Å²) in [5, 5.41) is 12.9. The molecule has 0 saturated carbocycles. The Morgan fingerprint density at radius 2 is 2.32 bits per heavy atom. The number of carbonyl (C=O) groups excluding carboxylic acids is 1. The maximum absolute atomic E-state index is 11.8. The van der Waals surface area contributed by atoms with Crippen LogP contribution < -0.4 is 5.32 Å². The minimum atomic E-state index is 0.119. The zero-order valence-corrected chi connectivity index (χ0v) is 11.6. The van der Waals surface area contributed by atoms with Gasteiger partial charge < -0.3 is 15.3 Å². The van der Waals surface area contributed by atoms with E-state index in [9.17, 15) is 9.90 Å². The molecule has 0 radical (unpaired) electrons. The molecule has 1 aliphatic rings. The predicted molar refractivity (Wildman–Crippen MR) is 75.1 cm³/mol. The van der Waals surface area contributed by atoms with Gasteiger partial charge in [0.1, 0.15) is 5.75 Å². The van der Waals surface area contributed by atoms with Crippen molar-refractivity contribution in [1.29, 1.82) is 0 Å². The Kier molecular flexibility index (Phi) is 4.43. The molecule has 0 fully saturated rings. The van der Waals surface area contributed by atoms with Crippen molar-refractivity contribution in [1.82, 2.24) is 10.2 Å². The van der Waals surface area contributed by atoms with Crippen molar-refractivity contribution in [3.8, 4) is 5.75 Å². The van der Waals surface area contributed by atoms with Crippen LogP contribution in [0.25, 0.3) is 0 Å². The number of likely N-dealkylation sites (N-methyl/N-ethyl adjacent to an activating group) is 1. The second-order valence-corrected chi connectivity index (χ2v) is 5.12. The molecule has 4 heteroatoms. The lowest BCUT2D eigenvalue weighted by Crippen LogP contribution is -2.37. The van der Waals surface area contributed by atoms with E-state index in [0.717, 1.165) is 25.8 Å². The first-order valence-electron chi connectivity index (χ1n) is 6.91. The van der Waals surface area contributed by atoms with E-state index in [2.05, 4.69) is 5.32 Å². The molecule has 19 heavy (non-hydrogen) atoms. The number of aryl methyl sites for hydroxylation is 1. The van der Waals surface area contributed by atoms with E-state index >= 15 is 0 Å². The Balaban J connectivity index is 2.02. The molecule has 1 atom stereocenters. The van der Waals surface area contributed by atoms with Gasteiger partial charge in [0, 0.05) is 19.6 Å². The first-order valence-corrected chi connectivity index (χ1v) is 6.91. The molecular weight excluding hydrogens is 240 g/mol. The number of amides is 1. The first-order chi connectivity index (χ1) is 9.11. The highest BCUT2D eigenvalue weighted by Crippen LogP contribution is 2.31. The molecule has 4 nitrogen and oxygen atoms in total. The van der Waals surface area contributed by atoms with Crippen molar-refractivity contribution < 1.29 is 9.90 Å². The van der Waals surface area contributed by atoms with Gasteiger partial charge in [0.15, 0.2) is 0 Å². The Hall–Kier alpha value is -1.55. The quantitative estimate of drug-likeness (QED) is 0.870. The number of hydrogen-bond donors (Lipinski definition) is 2. The van der Waals surface area contributed by atoms with E-state index in [1.54, 1.807) is 11.0 Å². The van der Waals surface area contributed by atoms with Crippen molar-refractivity contribution in [2.45, 2.75) is 32.2 Å². The fourth-order valence-corrected chi connectivity index (χ4v) is 2.53. The van der Waals surface area contributed by atoms with Gasteiger partial charge in [0.25, 0.3) is 0 Å². The lowest BCUT2D eigenvalue weighted by Gasteiger charge is -2.27. The molecule has 1 aromatic rings. The number of hydrogen-bond acceptors (Lipinski definition) is 3. The second kappa shape index (κ2) is 6.06. The van der Waals surface area contributed by atoms with Gasteiger partial charge in [-0.2, -0.15) is 0 Å². The highest BCUT2D eigenvalue weighted by atomic mass is 16.3. The van der Waals surface area contributed by atoms with E-state index in [-0.39, 0.29) is 11.9 Å². The van der Waals surface area contributed by atoms with Gasteiger partial charge in [-0.05, 0) is 49.4 Å². The van der Waals surface area contributed by atoms with Crippen LogP contribution in [0.15, 0.2) is 18.2 Å². The highest BCUT2D eigenvalue weighted by Gasteiger charge is 2.21. The summed E-state index contributed by atoms with van der Waals surface area (Å²) in [4.78, 5) is 13.5. The van der Waals surface area contributed by atoms with E-state index in [1.807, 2.05) is 26.1 Å². The van der Waals surface area contributed by atoms with Gasteiger partial charge in [-0.15, -0.1) is 0 Å². The van der Waals surface area contributed by atoms with Gasteiger partial charge in [0.2, 0.25) is 5.91 Å². The molecule has 1 aliphatic carbocycles. The Morgan fingerprint density at radius 3 is 3.05 bits per heavy atom. The summed E-state index contributed by atoms with van der Waals surface area (Å²) < 4.78 is 0. The molecule has 0 spiro atoms. The normalized spacial score (nSPS) is 17.9. The van der Waals surface area contributed by atoms with Crippen LogP contribution in [0.1, 0.15) is 36.9 Å². The monoisotopic (exact) mass is 262 g/mol. The molecule has 1 aromatic carbocycles. The molecule has 0 saturated heterocycles. The zero-order chi connectivity index (χ0) is 13.8. The van der Waals surface area contributed by atoms with E-state index in [0.29, 0.717) is 12.3 Å². The van der Waals surface area contributed by atoms with Gasteiger partial charge >= 0.3 is 0 Å². The van der Waals surface area contributed by atoms with Crippen LogP contribution in [-0.4, -0.2) is 36.1 Å². The minimum absolute atomic E-state index is 0.119. The average Bonchev–Trinajstić information content (AvgIpc) is 2.43. The molecular formula is C15H22N2O2. The van der Waals surface area contributed by atoms with Gasteiger partial charge in [-0.1, -0.05) is 6.07 Å². The fourth-order valence-electron chi connectivity index (χ4n) is 2.53. The lowest BCUT2D eigenvalue weighted by atomic mass is 9.87. The third-order valence-electron chi connectivity index (χ3n) is 3.84. The van der Waals surface area contributed by atoms with Crippen LogP contribution in [0.3, 0.4) is 0 Å². The van der Waals surface area contributed by atoms with Gasteiger partial charge in [-0.25, -0.2) is 0 Å². The minimum Gasteiger partial charge on any atom is -0.508 e. The third-order valence-corrected chi connectivity index (χ3v) is 3.84. The molecule has 2 rings (SSSR count). The lowest BCUT2D eigenvalue weighted by molar-refractivity contribution is -0.128. The Morgan fingerprint density at radius 1 is 1.53 bits per heavy atom. The summed E-state index contributed by atoms with van der Waals surface area (Å²) in [6.07, 6.45) is 3.14. The molecule has 2 N–H and O–H groups in total. The highest BCUT2D eigenvalue weighted by molar-refractivity contribution is 5.77. The Labute approximate surface area is 114 Å². The maximum Gasteiger partial charge on any atom is 0.236 e.